The van der Waals surface area contributed by atoms with E-state index in [1.807, 2.05) is 31.2 Å². The van der Waals surface area contributed by atoms with E-state index in [9.17, 15) is 9.18 Å². The monoisotopic (exact) mass is 229 g/mol. The molecule has 0 atom stereocenters. The van der Waals surface area contributed by atoms with Crippen molar-refractivity contribution in [3.63, 3.8) is 0 Å². The van der Waals surface area contributed by atoms with Crippen LogP contribution in [-0.2, 0) is 0 Å². The van der Waals surface area contributed by atoms with Gasteiger partial charge in [-0.05, 0) is 43.3 Å². The molecule has 3 heteroatoms. The Morgan fingerprint density at radius 2 is 1.59 bits per heavy atom. The summed E-state index contributed by atoms with van der Waals surface area (Å²) >= 11 is 0. The van der Waals surface area contributed by atoms with Gasteiger partial charge < -0.3 is 5.32 Å². The summed E-state index contributed by atoms with van der Waals surface area (Å²) < 4.78 is 12.7. The predicted molar refractivity (Wildman–Crippen MR) is 65.5 cm³/mol. The lowest BCUT2D eigenvalue weighted by molar-refractivity contribution is 0.102. The first-order valence-corrected chi connectivity index (χ1v) is 5.29. The molecule has 2 aromatic carbocycles. The van der Waals surface area contributed by atoms with Crippen molar-refractivity contribution in [2.24, 2.45) is 0 Å². The van der Waals surface area contributed by atoms with Crippen molar-refractivity contribution in [3.8, 4) is 0 Å². The highest BCUT2D eigenvalue weighted by Gasteiger charge is 2.05. The van der Waals surface area contributed by atoms with Gasteiger partial charge in [0.05, 0.1) is 0 Å². The molecule has 0 aromatic heterocycles. The molecule has 0 unspecified atom stereocenters. The molecule has 1 amide bonds. The summed E-state index contributed by atoms with van der Waals surface area (Å²) in [4.78, 5) is 11.8. The summed E-state index contributed by atoms with van der Waals surface area (Å²) in [7, 11) is 0. The zero-order valence-corrected chi connectivity index (χ0v) is 9.41. The molecule has 0 fully saturated rings. The minimum absolute atomic E-state index is 0.242. The standard InChI is InChI=1S/C14H12FNO/c1-10-2-8-13(9-3-10)16-14(17)11-4-6-12(15)7-5-11/h2-9H,1H3,(H,16,17). The fourth-order valence-electron chi connectivity index (χ4n) is 1.44. The van der Waals surface area contributed by atoms with Crippen LogP contribution in [0.25, 0.3) is 0 Å². The van der Waals surface area contributed by atoms with Crippen LogP contribution in [0.5, 0.6) is 0 Å². The molecule has 0 spiro atoms. The van der Waals surface area contributed by atoms with Crippen molar-refractivity contribution in [3.05, 3.63) is 65.5 Å². The third-order valence-corrected chi connectivity index (χ3v) is 2.42. The van der Waals surface area contributed by atoms with Crippen LogP contribution in [0, 0.1) is 12.7 Å². The number of hydrogen-bond acceptors (Lipinski definition) is 1. The van der Waals surface area contributed by atoms with Gasteiger partial charge in [0.2, 0.25) is 0 Å². The fourth-order valence-corrected chi connectivity index (χ4v) is 1.44. The van der Waals surface area contributed by atoms with Crippen molar-refractivity contribution in [2.75, 3.05) is 5.32 Å². The van der Waals surface area contributed by atoms with E-state index in [1.165, 1.54) is 24.3 Å². The topological polar surface area (TPSA) is 29.1 Å². The zero-order valence-electron chi connectivity index (χ0n) is 9.41. The van der Waals surface area contributed by atoms with E-state index in [0.29, 0.717) is 5.56 Å². The number of hydrogen-bond donors (Lipinski definition) is 1. The number of halogens is 1. The van der Waals surface area contributed by atoms with Crippen molar-refractivity contribution in [2.45, 2.75) is 6.92 Å². The number of carbonyl (C=O) groups is 1. The lowest BCUT2D eigenvalue weighted by Crippen LogP contribution is -2.11. The zero-order chi connectivity index (χ0) is 12.3. The van der Waals surface area contributed by atoms with Gasteiger partial charge in [-0.25, -0.2) is 4.39 Å². The second-order valence-electron chi connectivity index (χ2n) is 3.83. The predicted octanol–water partition coefficient (Wildman–Crippen LogP) is 3.39. The highest BCUT2D eigenvalue weighted by Crippen LogP contribution is 2.11. The summed E-state index contributed by atoms with van der Waals surface area (Å²) in [5.74, 6) is -0.592. The summed E-state index contributed by atoms with van der Waals surface area (Å²) in [5, 5.41) is 2.74. The number of benzene rings is 2. The largest absolute Gasteiger partial charge is 0.322 e. The molecular formula is C14H12FNO. The maximum atomic E-state index is 12.7. The minimum Gasteiger partial charge on any atom is -0.322 e. The molecule has 0 radical (unpaired) electrons. The average Bonchev–Trinajstić information content (AvgIpc) is 2.33. The molecule has 2 rings (SSSR count). The number of rotatable bonds is 2. The number of carbonyl (C=O) groups excluding carboxylic acids is 1. The lowest BCUT2D eigenvalue weighted by atomic mass is 10.2. The van der Waals surface area contributed by atoms with Crippen LogP contribution >= 0.6 is 0 Å². The van der Waals surface area contributed by atoms with Crippen LogP contribution in [0.2, 0.25) is 0 Å². The van der Waals surface area contributed by atoms with Crippen LogP contribution < -0.4 is 5.32 Å². The van der Waals surface area contributed by atoms with Crippen LogP contribution in [-0.4, -0.2) is 5.91 Å². The number of aryl methyl sites for hydroxylation is 1. The Bertz CT molecular complexity index is 517. The van der Waals surface area contributed by atoms with Gasteiger partial charge in [0.25, 0.3) is 5.91 Å². The molecule has 2 nitrogen and oxygen atoms in total. The first-order valence-electron chi connectivity index (χ1n) is 5.29. The van der Waals surface area contributed by atoms with Crippen LogP contribution in [0.4, 0.5) is 10.1 Å². The van der Waals surface area contributed by atoms with Crippen molar-refractivity contribution in [1.82, 2.24) is 0 Å². The summed E-state index contributed by atoms with van der Waals surface area (Å²) in [6.07, 6.45) is 0. The van der Waals surface area contributed by atoms with E-state index < -0.39 is 0 Å². The molecule has 0 aliphatic carbocycles. The minimum atomic E-state index is -0.350. The number of anilines is 1. The highest BCUT2D eigenvalue weighted by molar-refractivity contribution is 6.04. The normalized spacial score (nSPS) is 10.0. The van der Waals surface area contributed by atoms with Gasteiger partial charge in [-0.2, -0.15) is 0 Å². The first-order chi connectivity index (χ1) is 8.15. The smallest absolute Gasteiger partial charge is 0.255 e. The summed E-state index contributed by atoms with van der Waals surface area (Å²) in [5.41, 5.74) is 2.29. The Morgan fingerprint density at radius 1 is 1.00 bits per heavy atom. The first kappa shape index (κ1) is 11.3. The summed E-state index contributed by atoms with van der Waals surface area (Å²) in [6, 6.07) is 12.9. The van der Waals surface area contributed by atoms with Gasteiger partial charge in [-0.3, -0.25) is 4.79 Å². The molecule has 0 heterocycles. The molecule has 0 aliphatic rings. The molecule has 0 saturated heterocycles. The lowest BCUT2D eigenvalue weighted by Gasteiger charge is -2.05. The van der Waals surface area contributed by atoms with Gasteiger partial charge in [-0.15, -0.1) is 0 Å². The fraction of sp³-hybridized carbons (Fsp3) is 0.0714. The molecule has 0 bridgehead atoms. The molecule has 17 heavy (non-hydrogen) atoms. The van der Waals surface area contributed by atoms with Gasteiger partial charge in [-0.1, -0.05) is 17.7 Å². The molecule has 2 aromatic rings. The second-order valence-corrected chi connectivity index (χ2v) is 3.83. The van der Waals surface area contributed by atoms with E-state index in [4.69, 9.17) is 0 Å². The van der Waals surface area contributed by atoms with Crippen molar-refractivity contribution < 1.29 is 9.18 Å². The Labute approximate surface area is 99.1 Å². The van der Waals surface area contributed by atoms with Gasteiger partial charge in [0.1, 0.15) is 5.82 Å². The Kier molecular flexibility index (Phi) is 3.19. The highest BCUT2D eigenvalue weighted by atomic mass is 19.1. The van der Waals surface area contributed by atoms with E-state index in [1.54, 1.807) is 0 Å². The maximum Gasteiger partial charge on any atom is 0.255 e. The Morgan fingerprint density at radius 3 is 2.18 bits per heavy atom. The van der Waals surface area contributed by atoms with Gasteiger partial charge in [0, 0.05) is 11.3 Å². The number of nitrogens with one attached hydrogen (secondary N) is 1. The quantitative estimate of drug-likeness (QED) is 0.840. The summed E-state index contributed by atoms with van der Waals surface area (Å²) in [6.45, 7) is 1.98. The molecule has 0 saturated carbocycles. The average molecular weight is 229 g/mol. The maximum absolute atomic E-state index is 12.7. The van der Waals surface area contributed by atoms with E-state index in [0.717, 1.165) is 11.3 Å². The Hall–Kier alpha value is -2.16. The Balaban J connectivity index is 2.11. The molecule has 1 N–H and O–H groups in total. The van der Waals surface area contributed by atoms with Crippen molar-refractivity contribution in [1.29, 1.82) is 0 Å². The van der Waals surface area contributed by atoms with E-state index >= 15 is 0 Å². The van der Waals surface area contributed by atoms with Gasteiger partial charge in [0.15, 0.2) is 0 Å². The molecular weight excluding hydrogens is 217 g/mol. The second kappa shape index (κ2) is 4.78. The van der Waals surface area contributed by atoms with Gasteiger partial charge >= 0.3 is 0 Å². The van der Waals surface area contributed by atoms with E-state index in [2.05, 4.69) is 5.32 Å². The third kappa shape index (κ3) is 2.91. The number of amides is 1. The molecule has 0 aliphatic heterocycles. The SMILES string of the molecule is Cc1ccc(NC(=O)c2ccc(F)cc2)cc1. The van der Waals surface area contributed by atoms with Crippen LogP contribution in [0.15, 0.2) is 48.5 Å². The third-order valence-electron chi connectivity index (χ3n) is 2.42. The van der Waals surface area contributed by atoms with E-state index in [-0.39, 0.29) is 11.7 Å². The van der Waals surface area contributed by atoms with Crippen LogP contribution in [0.1, 0.15) is 15.9 Å². The van der Waals surface area contributed by atoms with Crippen molar-refractivity contribution >= 4 is 11.6 Å². The molecule has 86 valence electrons. The van der Waals surface area contributed by atoms with Crippen LogP contribution in [0.3, 0.4) is 0 Å².